The predicted octanol–water partition coefficient (Wildman–Crippen LogP) is 5.90. The fourth-order valence-corrected chi connectivity index (χ4v) is 7.34. The van der Waals surface area contributed by atoms with E-state index in [9.17, 15) is 27.9 Å². The molecule has 46 heavy (non-hydrogen) atoms. The number of rotatable bonds is 10. The van der Waals surface area contributed by atoms with Crippen molar-refractivity contribution in [3.05, 3.63) is 77.2 Å². The van der Waals surface area contributed by atoms with Crippen LogP contribution in [0, 0.1) is 12.3 Å². The maximum atomic E-state index is 12.7. The lowest BCUT2D eigenvalue weighted by Gasteiger charge is -2.33. The van der Waals surface area contributed by atoms with Gasteiger partial charge in [-0.3, -0.25) is 14.9 Å². The Balaban J connectivity index is 1.17. The SMILES string of the molecule is Cc1noc(C2CCN(c3ccc(C4(NC(=O)S(=O)(=O)CC(C)(C)C(=O)O)CC4)cc3)CC2)c1NC(=O)O[C@H](C)c1ccccc1. The number of ether oxygens (including phenoxy) is 1. The Labute approximate surface area is 268 Å². The Morgan fingerprint density at radius 2 is 1.72 bits per heavy atom. The van der Waals surface area contributed by atoms with Crippen LogP contribution in [0.5, 0.6) is 0 Å². The molecular formula is C33H40N4O8S. The summed E-state index contributed by atoms with van der Waals surface area (Å²) in [5.74, 6) is -1.39. The van der Waals surface area contributed by atoms with Gasteiger partial charge in [0.1, 0.15) is 17.5 Å². The molecule has 1 saturated heterocycles. The van der Waals surface area contributed by atoms with E-state index < -0.39 is 49.9 Å². The van der Waals surface area contributed by atoms with Crippen molar-refractivity contribution in [2.75, 3.05) is 29.1 Å². The topological polar surface area (TPSA) is 168 Å². The van der Waals surface area contributed by atoms with Crippen LogP contribution in [-0.2, 0) is 24.9 Å². The largest absolute Gasteiger partial charge is 0.481 e. The Kier molecular flexibility index (Phi) is 9.16. The van der Waals surface area contributed by atoms with Gasteiger partial charge in [-0.1, -0.05) is 47.6 Å². The zero-order chi connectivity index (χ0) is 33.3. The highest BCUT2D eigenvalue weighted by molar-refractivity contribution is 8.06. The molecule has 13 heteroatoms. The zero-order valence-electron chi connectivity index (χ0n) is 26.4. The molecule has 1 aliphatic carbocycles. The van der Waals surface area contributed by atoms with Crippen molar-refractivity contribution in [1.82, 2.24) is 10.5 Å². The fourth-order valence-electron chi connectivity index (χ4n) is 5.78. The molecule has 3 aromatic rings. The van der Waals surface area contributed by atoms with Crippen LogP contribution >= 0.6 is 0 Å². The molecule has 2 aliphatic rings. The Morgan fingerprint density at radius 1 is 1.09 bits per heavy atom. The Hall–Kier alpha value is -4.39. The number of anilines is 2. The highest BCUT2D eigenvalue weighted by Gasteiger charge is 2.48. The number of aryl methyl sites for hydroxylation is 1. The summed E-state index contributed by atoms with van der Waals surface area (Å²) >= 11 is 0. The normalized spacial score (nSPS) is 17.2. The van der Waals surface area contributed by atoms with Gasteiger partial charge in [0.05, 0.1) is 16.7 Å². The van der Waals surface area contributed by atoms with Gasteiger partial charge in [0.2, 0.25) is 9.84 Å². The van der Waals surface area contributed by atoms with Crippen LogP contribution < -0.4 is 15.5 Å². The van der Waals surface area contributed by atoms with Crippen LogP contribution in [0.1, 0.15) is 81.1 Å². The van der Waals surface area contributed by atoms with Crippen molar-refractivity contribution in [1.29, 1.82) is 0 Å². The second-order valence-electron chi connectivity index (χ2n) is 12.8. The number of carboxylic acid groups (broad SMARTS) is 1. The minimum Gasteiger partial charge on any atom is -0.481 e. The van der Waals surface area contributed by atoms with E-state index in [0.29, 0.717) is 30.0 Å². The van der Waals surface area contributed by atoms with Crippen LogP contribution in [0.4, 0.5) is 21.0 Å². The maximum absolute atomic E-state index is 12.7. The number of carboxylic acids is 1. The molecule has 1 saturated carbocycles. The van der Waals surface area contributed by atoms with E-state index in [0.717, 1.165) is 42.7 Å². The number of piperidine rings is 1. The van der Waals surface area contributed by atoms with Crippen LogP contribution in [-0.4, -0.2) is 54.8 Å². The molecule has 2 fully saturated rings. The number of benzene rings is 2. The second-order valence-corrected chi connectivity index (χ2v) is 14.7. The Morgan fingerprint density at radius 3 is 2.30 bits per heavy atom. The molecule has 246 valence electrons. The number of aliphatic carboxylic acids is 1. The molecule has 0 unspecified atom stereocenters. The van der Waals surface area contributed by atoms with Gasteiger partial charge in [0.15, 0.2) is 5.76 Å². The van der Waals surface area contributed by atoms with Gasteiger partial charge in [-0.2, -0.15) is 0 Å². The summed E-state index contributed by atoms with van der Waals surface area (Å²) in [5.41, 5.74) is 1.44. The van der Waals surface area contributed by atoms with Crippen LogP contribution in [0.15, 0.2) is 59.1 Å². The lowest BCUT2D eigenvalue weighted by molar-refractivity contribution is -0.145. The van der Waals surface area contributed by atoms with Gasteiger partial charge in [-0.05, 0) is 76.6 Å². The van der Waals surface area contributed by atoms with Gasteiger partial charge in [0, 0.05) is 24.7 Å². The molecule has 0 radical (unpaired) electrons. The van der Waals surface area contributed by atoms with Crippen molar-refractivity contribution in [2.45, 2.75) is 70.9 Å². The summed E-state index contributed by atoms with van der Waals surface area (Å²) in [4.78, 5) is 39.1. The highest BCUT2D eigenvalue weighted by atomic mass is 32.2. The van der Waals surface area contributed by atoms with Crippen molar-refractivity contribution in [2.24, 2.45) is 5.41 Å². The smallest absolute Gasteiger partial charge is 0.412 e. The number of nitrogens with one attached hydrogen (secondary N) is 2. The monoisotopic (exact) mass is 652 g/mol. The highest BCUT2D eigenvalue weighted by Crippen LogP contribution is 2.46. The number of aromatic nitrogens is 1. The molecule has 2 heterocycles. The van der Waals surface area contributed by atoms with E-state index in [1.54, 1.807) is 6.92 Å². The lowest BCUT2D eigenvalue weighted by atomic mass is 9.92. The van der Waals surface area contributed by atoms with Crippen LogP contribution in [0.2, 0.25) is 0 Å². The molecule has 3 N–H and O–H groups in total. The number of hydrogen-bond donors (Lipinski definition) is 3. The van der Waals surface area contributed by atoms with Crippen LogP contribution in [0.25, 0.3) is 0 Å². The molecule has 2 aromatic carbocycles. The van der Waals surface area contributed by atoms with Crippen molar-refractivity contribution >= 4 is 38.5 Å². The second kappa shape index (κ2) is 12.8. The third kappa shape index (κ3) is 7.19. The number of amides is 2. The first-order valence-electron chi connectivity index (χ1n) is 15.3. The maximum Gasteiger partial charge on any atom is 0.412 e. The van der Waals surface area contributed by atoms with E-state index in [-0.39, 0.29) is 5.92 Å². The summed E-state index contributed by atoms with van der Waals surface area (Å²) in [5, 5.41) is 17.7. The lowest BCUT2D eigenvalue weighted by Crippen LogP contribution is -2.43. The molecule has 1 aliphatic heterocycles. The third-order valence-electron chi connectivity index (χ3n) is 8.82. The van der Waals surface area contributed by atoms with Gasteiger partial charge < -0.3 is 24.6 Å². The van der Waals surface area contributed by atoms with Crippen molar-refractivity contribution in [3.63, 3.8) is 0 Å². The number of carbonyl (C=O) groups is 3. The fraction of sp³-hybridized carbons (Fsp3) is 0.455. The van der Waals surface area contributed by atoms with E-state index in [4.69, 9.17) is 9.26 Å². The van der Waals surface area contributed by atoms with E-state index >= 15 is 0 Å². The summed E-state index contributed by atoms with van der Waals surface area (Å²) in [7, 11) is -4.32. The summed E-state index contributed by atoms with van der Waals surface area (Å²) in [6.07, 6.45) is 1.72. The first-order valence-corrected chi connectivity index (χ1v) is 17.0. The van der Waals surface area contributed by atoms with Crippen LogP contribution in [0.3, 0.4) is 0 Å². The molecule has 1 aromatic heterocycles. The first-order chi connectivity index (χ1) is 21.7. The number of carbonyl (C=O) groups excluding carboxylic acids is 2. The average Bonchev–Trinajstić information content (AvgIpc) is 3.72. The molecule has 1 atom stereocenters. The predicted molar refractivity (Wildman–Crippen MR) is 171 cm³/mol. The van der Waals surface area contributed by atoms with Gasteiger partial charge in [-0.15, -0.1) is 0 Å². The van der Waals surface area contributed by atoms with Gasteiger partial charge in [-0.25, -0.2) is 13.2 Å². The van der Waals surface area contributed by atoms with Gasteiger partial charge in [0.25, 0.3) is 0 Å². The minimum atomic E-state index is -4.32. The third-order valence-corrected chi connectivity index (χ3v) is 10.6. The number of nitrogens with zero attached hydrogens (tertiary/aromatic N) is 2. The summed E-state index contributed by atoms with van der Waals surface area (Å²) in [6.45, 7) is 7.62. The van der Waals surface area contributed by atoms with E-state index in [1.807, 2.05) is 61.5 Å². The first kappa shape index (κ1) is 33.0. The summed E-state index contributed by atoms with van der Waals surface area (Å²) < 4.78 is 36.5. The van der Waals surface area contributed by atoms with Crippen molar-refractivity contribution in [3.8, 4) is 0 Å². The standard InChI is InChI=1S/C33H40N4O8S/c1-21-27(34-30(40)44-22(2)23-8-6-5-7-9-23)28(45-36-21)24-14-18-37(19-15-24)26-12-10-25(11-13-26)33(16-17-33)35-31(41)46(42,43)20-32(3,4)29(38)39/h5-13,22,24H,14-20H2,1-4H3,(H,34,40)(H,35,41)(H,38,39)/t22-/m1/s1. The quantitative estimate of drug-likeness (QED) is 0.240. The van der Waals surface area contributed by atoms with Gasteiger partial charge >= 0.3 is 17.3 Å². The van der Waals surface area contributed by atoms with Crippen molar-refractivity contribution < 1.29 is 37.2 Å². The number of hydrogen-bond acceptors (Lipinski definition) is 9. The minimum absolute atomic E-state index is 0.0524. The molecular weight excluding hydrogens is 612 g/mol. The van der Waals surface area contributed by atoms with E-state index in [2.05, 4.69) is 20.7 Å². The molecule has 2 amide bonds. The number of sulfone groups is 1. The average molecular weight is 653 g/mol. The molecule has 0 bridgehead atoms. The Bertz CT molecular complexity index is 1690. The summed E-state index contributed by atoms with van der Waals surface area (Å²) in [6, 6.07) is 17.2. The van der Waals surface area contributed by atoms with E-state index in [1.165, 1.54) is 13.8 Å². The molecule has 12 nitrogen and oxygen atoms in total. The zero-order valence-corrected chi connectivity index (χ0v) is 27.2. The molecule has 5 rings (SSSR count). The molecule has 0 spiro atoms.